The van der Waals surface area contributed by atoms with Crippen LogP contribution < -0.4 is 16.0 Å². The van der Waals surface area contributed by atoms with Crippen molar-refractivity contribution in [1.29, 1.82) is 0 Å². The van der Waals surface area contributed by atoms with E-state index in [-0.39, 0.29) is 42.1 Å². The lowest BCUT2D eigenvalue weighted by molar-refractivity contribution is -0.116. The average molecular weight is 499 g/mol. The number of carbonyl (C=O) groups excluding carboxylic acids is 1. The number of carbonyl (C=O) groups is 1. The van der Waals surface area contributed by atoms with Gasteiger partial charge in [0, 0.05) is 25.2 Å². The summed E-state index contributed by atoms with van der Waals surface area (Å²) in [7, 11) is 0. The molecular weight excluding hydrogens is 472 g/mol. The molecule has 3 N–H and O–H groups in total. The Morgan fingerprint density at radius 1 is 1.18 bits per heavy atom. The van der Waals surface area contributed by atoms with E-state index < -0.39 is 0 Å². The number of aryl methyl sites for hydroxylation is 2. The minimum Gasteiger partial charge on any atom is -0.357 e. The van der Waals surface area contributed by atoms with Gasteiger partial charge in [0.25, 0.3) is 0 Å². The molecule has 1 aromatic heterocycles. The first kappa shape index (κ1) is 23.8. The lowest BCUT2D eigenvalue weighted by Crippen LogP contribution is -2.38. The monoisotopic (exact) mass is 499 g/mol. The summed E-state index contributed by atoms with van der Waals surface area (Å²) in [5.41, 5.74) is 2.37. The van der Waals surface area contributed by atoms with Crippen LogP contribution in [-0.2, 0) is 11.3 Å². The first-order chi connectivity index (χ1) is 13.0. The van der Waals surface area contributed by atoms with Gasteiger partial charge in [0.2, 0.25) is 5.91 Å². The molecule has 0 bridgehead atoms. The van der Waals surface area contributed by atoms with Crippen molar-refractivity contribution in [3.05, 3.63) is 59.0 Å². The fraction of sp³-hybridized carbons (Fsp3) is 0.350. The summed E-state index contributed by atoms with van der Waals surface area (Å²) in [6.07, 6.45) is 0.287. The van der Waals surface area contributed by atoms with Gasteiger partial charge in [-0.25, -0.2) is 14.4 Å². The number of anilines is 1. The van der Waals surface area contributed by atoms with E-state index in [4.69, 9.17) is 0 Å². The van der Waals surface area contributed by atoms with E-state index in [1.54, 1.807) is 25.1 Å². The molecule has 6 nitrogen and oxygen atoms in total. The highest BCUT2D eigenvalue weighted by Gasteiger charge is 2.05. The zero-order valence-corrected chi connectivity index (χ0v) is 18.7. The van der Waals surface area contributed by atoms with Gasteiger partial charge in [-0.05, 0) is 50.1 Å². The highest BCUT2D eigenvalue weighted by atomic mass is 127. The number of hydrogen-bond donors (Lipinski definition) is 3. The molecule has 0 aliphatic rings. The van der Waals surface area contributed by atoms with Gasteiger partial charge in [0.1, 0.15) is 11.6 Å². The third-order valence-corrected chi connectivity index (χ3v) is 3.79. The van der Waals surface area contributed by atoms with Gasteiger partial charge < -0.3 is 16.0 Å². The molecule has 0 atom stereocenters. The molecule has 0 unspecified atom stereocenters. The standard InChI is InChI=1S/C20H26FN5O.HI/c1-4-22-20(24-13-16-8-9-17(21)14(2)12-16)23-11-10-19(27)26-18-7-5-6-15(3)25-18;/h5-9,12H,4,10-11,13H2,1-3H3,(H2,22,23,24)(H,25,26,27);1H. The highest BCUT2D eigenvalue weighted by Crippen LogP contribution is 2.10. The SMILES string of the molecule is CCNC(=NCc1ccc(F)c(C)c1)NCCC(=O)Nc1cccc(C)n1.I. The Morgan fingerprint density at radius 2 is 1.96 bits per heavy atom. The molecule has 0 radical (unpaired) electrons. The third-order valence-electron chi connectivity index (χ3n) is 3.79. The van der Waals surface area contributed by atoms with Gasteiger partial charge >= 0.3 is 0 Å². The van der Waals surface area contributed by atoms with Gasteiger partial charge in [-0.3, -0.25) is 4.79 Å². The van der Waals surface area contributed by atoms with Crippen LogP contribution in [0.15, 0.2) is 41.4 Å². The maximum Gasteiger partial charge on any atom is 0.227 e. The van der Waals surface area contributed by atoms with Crippen molar-refractivity contribution in [2.45, 2.75) is 33.7 Å². The maximum atomic E-state index is 13.3. The van der Waals surface area contributed by atoms with Crippen LogP contribution in [0.3, 0.4) is 0 Å². The summed E-state index contributed by atoms with van der Waals surface area (Å²) in [6.45, 7) is 7.14. The number of nitrogens with zero attached hydrogens (tertiary/aromatic N) is 2. The van der Waals surface area contributed by atoms with Crippen molar-refractivity contribution in [3.8, 4) is 0 Å². The number of pyridine rings is 1. The van der Waals surface area contributed by atoms with Crippen molar-refractivity contribution < 1.29 is 9.18 Å². The van der Waals surface area contributed by atoms with Gasteiger partial charge in [-0.1, -0.05) is 18.2 Å². The van der Waals surface area contributed by atoms with E-state index in [9.17, 15) is 9.18 Å². The Balaban J connectivity index is 0.00000392. The zero-order valence-electron chi connectivity index (χ0n) is 16.4. The molecule has 0 saturated carbocycles. The summed E-state index contributed by atoms with van der Waals surface area (Å²) < 4.78 is 13.3. The smallest absolute Gasteiger partial charge is 0.227 e. The molecular formula is C20H27FIN5O. The lowest BCUT2D eigenvalue weighted by Gasteiger charge is -2.11. The largest absolute Gasteiger partial charge is 0.357 e. The van der Waals surface area contributed by atoms with Crippen LogP contribution in [0.25, 0.3) is 0 Å². The third kappa shape index (κ3) is 8.20. The Labute approximate surface area is 182 Å². The van der Waals surface area contributed by atoms with Crippen LogP contribution in [0, 0.1) is 19.7 Å². The Morgan fingerprint density at radius 3 is 2.64 bits per heavy atom. The second kappa shape index (κ2) is 12.3. The lowest BCUT2D eigenvalue weighted by atomic mass is 10.1. The molecule has 2 aromatic rings. The van der Waals surface area contributed by atoms with Crippen LogP contribution >= 0.6 is 24.0 Å². The van der Waals surface area contributed by atoms with E-state index in [0.29, 0.717) is 37.0 Å². The molecule has 0 aliphatic carbocycles. The van der Waals surface area contributed by atoms with E-state index in [1.807, 2.05) is 26.0 Å². The quantitative estimate of drug-likeness (QED) is 0.310. The number of halogens is 2. The van der Waals surface area contributed by atoms with Gasteiger partial charge in [-0.2, -0.15) is 0 Å². The van der Waals surface area contributed by atoms with Crippen LogP contribution in [0.4, 0.5) is 10.2 Å². The molecule has 1 aromatic carbocycles. The normalized spacial score (nSPS) is 10.8. The van der Waals surface area contributed by atoms with E-state index in [2.05, 4.69) is 25.9 Å². The highest BCUT2D eigenvalue weighted by molar-refractivity contribution is 14.0. The fourth-order valence-electron chi connectivity index (χ4n) is 2.43. The predicted octanol–water partition coefficient (Wildman–Crippen LogP) is 3.54. The Bertz CT molecular complexity index is 813. The Kier molecular flexibility index (Phi) is 10.4. The summed E-state index contributed by atoms with van der Waals surface area (Å²) in [5, 5.41) is 9.03. The number of amides is 1. The van der Waals surface area contributed by atoms with Crippen molar-refractivity contribution in [1.82, 2.24) is 15.6 Å². The van der Waals surface area contributed by atoms with Gasteiger partial charge in [0.05, 0.1) is 6.54 Å². The van der Waals surface area contributed by atoms with Crippen molar-refractivity contribution in [2.75, 3.05) is 18.4 Å². The molecule has 0 saturated heterocycles. The number of hydrogen-bond acceptors (Lipinski definition) is 3. The summed E-state index contributed by atoms with van der Waals surface area (Å²) in [5.74, 6) is 0.820. The minimum absolute atomic E-state index is 0. The number of aliphatic imine (C=N–C) groups is 1. The second-order valence-electron chi connectivity index (χ2n) is 6.17. The number of rotatable bonds is 7. The minimum atomic E-state index is -0.220. The first-order valence-corrected chi connectivity index (χ1v) is 8.98. The topological polar surface area (TPSA) is 78.4 Å². The number of guanidine groups is 1. The molecule has 152 valence electrons. The Hall–Kier alpha value is -2.23. The maximum absolute atomic E-state index is 13.3. The molecule has 0 fully saturated rings. The number of benzene rings is 1. The van der Waals surface area contributed by atoms with Crippen molar-refractivity contribution in [3.63, 3.8) is 0 Å². The zero-order chi connectivity index (χ0) is 19.6. The van der Waals surface area contributed by atoms with Crippen LogP contribution in [0.1, 0.15) is 30.2 Å². The molecule has 0 spiro atoms. The van der Waals surface area contributed by atoms with Gasteiger partial charge in [0.15, 0.2) is 5.96 Å². The molecule has 2 rings (SSSR count). The first-order valence-electron chi connectivity index (χ1n) is 8.98. The summed E-state index contributed by atoms with van der Waals surface area (Å²) in [4.78, 5) is 20.7. The second-order valence-corrected chi connectivity index (χ2v) is 6.17. The molecule has 0 aliphatic heterocycles. The van der Waals surface area contributed by atoms with Crippen LogP contribution in [0.5, 0.6) is 0 Å². The number of nitrogens with one attached hydrogen (secondary N) is 3. The number of aromatic nitrogens is 1. The molecule has 1 amide bonds. The fourth-order valence-corrected chi connectivity index (χ4v) is 2.43. The van der Waals surface area contributed by atoms with E-state index in [0.717, 1.165) is 11.3 Å². The van der Waals surface area contributed by atoms with Gasteiger partial charge in [-0.15, -0.1) is 24.0 Å². The molecule has 1 heterocycles. The molecule has 28 heavy (non-hydrogen) atoms. The average Bonchev–Trinajstić information content (AvgIpc) is 2.62. The van der Waals surface area contributed by atoms with Crippen molar-refractivity contribution in [2.24, 2.45) is 4.99 Å². The predicted molar refractivity (Wildman–Crippen MR) is 122 cm³/mol. The summed E-state index contributed by atoms with van der Waals surface area (Å²) in [6, 6.07) is 10.4. The van der Waals surface area contributed by atoms with Crippen LogP contribution in [-0.4, -0.2) is 29.9 Å². The van der Waals surface area contributed by atoms with E-state index >= 15 is 0 Å². The molecule has 8 heteroatoms. The van der Waals surface area contributed by atoms with Crippen molar-refractivity contribution >= 4 is 41.7 Å². The summed E-state index contributed by atoms with van der Waals surface area (Å²) >= 11 is 0. The van der Waals surface area contributed by atoms with E-state index in [1.165, 1.54) is 6.07 Å². The van der Waals surface area contributed by atoms with Crippen LogP contribution in [0.2, 0.25) is 0 Å².